The average molecular weight is 312 g/mol. The second-order valence-corrected chi connectivity index (χ2v) is 5.07. The van der Waals surface area contributed by atoms with Crippen LogP contribution in [-0.4, -0.2) is 20.6 Å². The second-order valence-electron chi connectivity index (χ2n) is 5.07. The number of carbonyl (C=O) groups is 1. The van der Waals surface area contributed by atoms with E-state index in [1.165, 1.54) is 10.8 Å². The lowest BCUT2D eigenvalue weighted by Crippen LogP contribution is -2.31. The van der Waals surface area contributed by atoms with Crippen molar-refractivity contribution in [3.05, 3.63) is 85.9 Å². The van der Waals surface area contributed by atoms with Crippen molar-refractivity contribution in [2.24, 2.45) is 0 Å². The number of nitrogens with zero attached hydrogens (tertiary/aromatic N) is 1. The van der Waals surface area contributed by atoms with Crippen LogP contribution in [0.3, 0.4) is 0 Å². The lowest BCUT2D eigenvalue weighted by atomic mass is 10.1. The van der Waals surface area contributed by atoms with E-state index in [0.29, 0.717) is 18.5 Å². The third-order valence-corrected chi connectivity index (χ3v) is 3.23. The van der Waals surface area contributed by atoms with Gasteiger partial charge in [0.25, 0.3) is 5.56 Å². The third-order valence-electron chi connectivity index (χ3n) is 3.23. The summed E-state index contributed by atoms with van der Waals surface area (Å²) in [5, 5.41) is 8.46. The predicted molar refractivity (Wildman–Crippen MR) is 85.6 cm³/mol. The molecule has 2 N–H and O–H groups in total. The molecule has 2 aromatic rings. The van der Waals surface area contributed by atoms with Crippen LogP contribution >= 0.6 is 0 Å². The smallest absolute Gasteiger partial charge is 0.336 e. The summed E-state index contributed by atoms with van der Waals surface area (Å²) in [6.07, 6.45) is 4.70. The summed E-state index contributed by atoms with van der Waals surface area (Å²) in [5.41, 5.74) is 4.18. The number of benzene rings is 1. The Morgan fingerprint density at radius 2 is 1.91 bits per heavy atom. The molecule has 23 heavy (non-hydrogen) atoms. The van der Waals surface area contributed by atoms with Gasteiger partial charge in [0.05, 0.1) is 12.6 Å². The lowest BCUT2D eigenvalue weighted by Gasteiger charge is -2.06. The number of carboxylic acids is 1. The molecular weight excluding hydrogens is 296 g/mol. The SMILES string of the molecule is Cc1cn(Cc2ccc(CC=C=CC(=O)O)cc2)c(=O)[nH]c1=O. The van der Waals surface area contributed by atoms with Crippen molar-refractivity contribution in [2.45, 2.75) is 19.9 Å². The molecule has 0 spiro atoms. The first kappa shape index (κ1) is 16.3. The Morgan fingerprint density at radius 3 is 2.57 bits per heavy atom. The van der Waals surface area contributed by atoms with Crippen molar-refractivity contribution in [3.8, 4) is 0 Å². The molecule has 0 saturated carbocycles. The molecule has 0 aliphatic carbocycles. The van der Waals surface area contributed by atoms with Crippen LogP contribution in [0.25, 0.3) is 0 Å². The van der Waals surface area contributed by atoms with Crippen LogP contribution in [0.5, 0.6) is 0 Å². The Labute approximate surface area is 132 Å². The summed E-state index contributed by atoms with van der Waals surface area (Å²) < 4.78 is 1.45. The Hall–Kier alpha value is -3.11. The van der Waals surface area contributed by atoms with Gasteiger partial charge in [0.15, 0.2) is 0 Å². The first-order valence-corrected chi connectivity index (χ1v) is 6.98. The molecule has 2 rings (SSSR count). The number of H-pyrrole nitrogens is 1. The zero-order chi connectivity index (χ0) is 16.8. The van der Waals surface area contributed by atoms with Crippen molar-refractivity contribution >= 4 is 5.97 Å². The molecule has 0 amide bonds. The normalized spacial score (nSPS) is 9.96. The first-order valence-electron chi connectivity index (χ1n) is 6.98. The Balaban J connectivity index is 2.10. The topological polar surface area (TPSA) is 92.2 Å². The van der Waals surface area contributed by atoms with E-state index in [4.69, 9.17) is 5.11 Å². The zero-order valence-electron chi connectivity index (χ0n) is 12.6. The highest BCUT2D eigenvalue weighted by atomic mass is 16.4. The van der Waals surface area contributed by atoms with Crippen LogP contribution in [0.4, 0.5) is 0 Å². The summed E-state index contributed by atoms with van der Waals surface area (Å²) >= 11 is 0. The molecule has 0 aliphatic rings. The van der Waals surface area contributed by atoms with E-state index in [1.807, 2.05) is 24.3 Å². The number of carboxylic acid groups (broad SMARTS) is 1. The number of aliphatic carboxylic acids is 1. The van der Waals surface area contributed by atoms with Gasteiger partial charge in [0.2, 0.25) is 0 Å². The van der Waals surface area contributed by atoms with Crippen molar-refractivity contribution in [1.29, 1.82) is 0 Å². The largest absolute Gasteiger partial charge is 0.478 e. The van der Waals surface area contributed by atoms with Gasteiger partial charge in [-0.05, 0) is 30.5 Å². The summed E-state index contributed by atoms with van der Waals surface area (Å²) in [7, 11) is 0. The van der Waals surface area contributed by atoms with Gasteiger partial charge in [0.1, 0.15) is 0 Å². The minimum absolute atomic E-state index is 0.367. The molecule has 0 atom stereocenters. The molecular formula is C17H16N2O4. The van der Waals surface area contributed by atoms with Crippen molar-refractivity contribution < 1.29 is 9.90 Å². The fourth-order valence-corrected chi connectivity index (χ4v) is 2.02. The highest BCUT2D eigenvalue weighted by molar-refractivity contribution is 5.79. The van der Waals surface area contributed by atoms with Crippen molar-refractivity contribution in [2.75, 3.05) is 0 Å². The van der Waals surface area contributed by atoms with Crippen molar-refractivity contribution in [3.63, 3.8) is 0 Å². The third kappa shape index (κ3) is 4.69. The number of hydrogen-bond acceptors (Lipinski definition) is 3. The monoisotopic (exact) mass is 312 g/mol. The van der Waals surface area contributed by atoms with Crippen LogP contribution in [0.15, 0.2) is 57.9 Å². The molecule has 1 aromatic carbocycles. The standard InChI is InChI=1S/C17H16N2O4/c1-12-10-19(17(23)18-16(12)22)11-14-8-6-13(7-9-14)4-2-3-5-15(20)21/h2,5-10H,4,11H2,1H3,(H,20,21)(H,18,22,23). The quantitative estimate of drug-likeness (QED) is 0.641. The average Bonchev–Trinajstić information content (AvgIpc) is 2.50. The Kier molecular flexibility index (Phi) is 5.12. The highest BCUT2D eigenvalue weighted by Crippen LogP contribution is 2.06. The van der Waals surface area contributed by atoms with Gasteiger partial charge in [-0.3, -0.25) is 14.3 Å². The van der Waals surface area contributed by atoms with Crippen molar-refractivity contribution in [1.82, 2.24) is 9.55 Å². The minimum Gasteiger partial charge on any atom is -0.478 e. The molecule has 0 fully saturated rings. The molecule has 0 saturated heterocycles. The summed E-state index contributed by atoms with van der Waals surface area (Å²) in [6, 6.07) is 7.57. The molecule has 0 radical (unpaired) electrons. The highest BCUT2D eigenvalue weighted by Gasteiger charge is 2.02. The molecule has 0 aliphatic heterocycles. The van der Waals surface area contributed by atoms with E-state index in [2.05, 4.69) is 10.7 Å². The maximum atomic E-state index is 11.7. The second kappa shape index (κ2) is 7.24. The van der Waals surface area contributed by atoms with Crippen LogP contribution in [-0.2, 0) is 17.8 Å². The summed E-state index contributed by atoms with van der Waals surface area (Å²) in [6.45, 7) is 2.01. The van der Waals surface area contributed by atoms with Crippen LogP contribution in [0, 0.1) is 6.92 Å². The van der Waals surface area contributed by atoms with Crippen LogP contribution in [0.1, 0.15) is 16.7 Å². The number of aromatic nitrogens is 2. The fourth-order valence-electron chi connectivity index (χ4n) is 2.02. The van der Waals surface area contributed by atoms with Gasteiger partial charge in [0, 0.05) is 11.8 Å². The maximum absolute atomic E-state index is 11.7. The van der Waals surface area contributed by atoms with Gasteiger partial charge in [-0.1, -0.05) is 24.3 Å². The fraction of sp³-hybridized carbons (Fsp3) is 0.176. The molecule has 118 valence electrons. The summed E-state index contributed by atoms with van der Waals surface area (Å²) in [4.78, 5) is 35.7. The number of nitrogens with one attached hydrogen (secondary N) is 1. The van der Waals surface area contributed by atoms with Crippen LogP contribution in [0.2, 0.25) is 0 Å². The lowest BCUT2D eigenvalue weighted by molar-refractivity contribution is -0.131. The van der Waals surface area contributed by atoms with Gasteiger partial charge in [-0.2, -0.15) is 0 Å². The number of aryl methyl sites for hydroxylation is 1. The number of rotatable bonds is 5. The maximum Gasteiger partial charge on any atom is 0.336 e. The molecule has 1 heterocycles. The molecule has 0 bridgehead atoms. The summed E-state index contributed by atoms with van der Waals surface area (Å²) in [5.74, 6) is -1.03. The number of aromatic amines is 1. The number of hydrogen-bond donors (Lipinski definition) is 2. The molecule has 1 aromatic heterocycles. The van der Waals surface area contributed by atoms with Gasteiger partial charge in [-0.25, -0.2) is 9.59 Å². The zero-order valence-corrected chi connectivity index (χ0v) is 12.6. The van der Waals surface area contributed by atoms with E-state index in [9.17, 15) is 14.4 Å². The Bertz CT molecular complexity index is 882. The van der Waals surface area contributed by atoms with E-state index in [0.717, 1.165) is 17.2 Å². The molecule has 6 nitrogen and oxygen atoms in total. The van der Waals surface area contributed by atoms with Gasteiger partial charge < -0.3 is 5.11 Å². The van der Waals surface area contributed by atoms with Gasteiger partial charge in [-0.15, -0.1) is 5.73 Å². The van der Waals surface area contributed by atoms with Crippen LogP contribution < -0.4 is 11.2 Å². The minimum atomic E-state index is -1.03. The molecule has 0 unspecified atom stereocenters. The van der Waals surface area contributed by atoms with E-state index in [-0.39, 0.29) is 5.56 Å². The first-order chi connectivity index (χ1) is 11.0. The van der Waals surface area contributed by atoms with E-state index in [1.54, 1.807) is 13.0 Å². The van der Waals surface area contributed by atoms with Gasteiger partial charge >= 0.3 is 11.7 Å². The molecule has 6 heteroatoms. The predicted octanol–water partition coefficient (Wildman–Crippen LogP) is 1.23. The van der Waals surface area contributed by atoms with E-state index < -0.39 is 11.7 Å². The van der Waals surface area contributed by atoms with E-state index >= 15 is 0 Å². The Morgan fingerprint density at radius 1 is 1.26 bits per heavy atom.